The topological polar surface area (TPSA) is 66.9 Å². The molecule has 1 aromatic carbocycles. The van der Waals surface area contributed by atoms with Gasteiger partial charge in [-0.1, -0.05) is 24.3 Å². The Bertz CT molecular complexity index is 650. The maximum Gasteiger partial charge on any atom is 0.409 e. The van der Waals surface area contributed by atoms with Crippen LogP contribution in [0.2, 0.25) is 0 Å². The Hall–Kier alpha value is -2.37. The van der Waals surface area contributed by atoms with Crippen molar-refractivity contribution in [1.82, 2.24) is 9.80 Å². The second kappa shape index (κ2) is 7.03. The number of rotatable bonds is 2. The van der Waals surface area contributed by atoms with E-state index in [0.29, 0.717) is 39.2 Å². The Morgan fingerprint density at radius 3 is 2.46 bits per heavy atom. The van der Waals surface area contributed by atoms with E-state index in [4.69, 9.17) is 4.74 Å². The summed E-state index contributed by atoms with van der Waals surface area (Å²) in [6.45, 7) is 4.05. The minimum Gasteiger partial charge on any atom is -0.450 e. The number of carbonyl (C=O) groups excluding carboxylic acids is 3. The zero-order valence-electron chi connectivity index (χ0n) is 13.9. The Labute approximate surface area is 141 Å². The molecule has 1 aromatic rings. The summed E-state index contributed by atoms with van der Waals surface area (Å²) in [6, 6.07) is 7.51. The number of amides is 2. The summed E-state index contributed by atoms with van der Waals surface area (Å²) in [5, 5.41) is 0. The predicted molar refractivity (Wildman–Crippen MR) is 87.8 cm³/mol. The average molecular weight is 330 g/mol. The first-order chi connectivity index (χ1) is 11.6. The Balaban J connectivity index is 1.60. The number of piperazine rings is 1. The molecule has 6 nitrogen and oxygen atoms in total. The van der Waals surface area contributed by atoms with E-state index < -0.39 is 0 Å². The lowest BCUT2D eigenvalue weighted by Gasteiger charge is -2.36. The van der Waals surface area contributed by atoms with Gasteiger partial charge in [-0.05, 0) is 18.9 Å². The van der Waals surface area contributed by atoms with Crippen molar-refractivity contribution in [2.45, 2.75) is 19.8 Å². The van der Waals surface area contributed by atoms with Crippen LogP contribution in [0.1, 0.15) is 29.3 Å². The van der Waals surface area contributed by atoms with Crippen molar-refractivity contribution < 1.29 is 19.1 Å². The first-order valence-electron chi connectivity index (χ1n) is 8.41. The average Bonchev–Trinajstić information content (AvgIpc) is 2.61. The van der Waals surface area contributed by atoms with Crippen LogP contribution in [-0.4, -0.2) is 60.4 Å². The number of Topliss-reactive ketones (excluding diaryl/α,β-unsaturated/α-hetero) is 1. The van der Waals surface area contributed by atoms with Gasteiger partial charge < -0.3 is 14.5 Å². The number of ketones is 1. The summed E-state index contributed by atoms with van der Waals surface area (Å²) < 4.78 is 4.99. The van der Waals surface area contributed by atoms with Crippen LogP contribution in [0, 0.1) is 5.92 Å². The summed E-state index contributed by atoms with van der Waals surface area (Å²) >= 11 is 0. The summed E-state index contributed by atoms with van der Waals surface area (Å²) in [7, 11) is 0. The number of nitrogens with zero attached hydrogens (tertiary/aromatic N) is 2. The van der Waals surface area contributed by atoms with E-state index in [1.54, 1.807) is 16.7 Å². The number of carbonyl (C=O) groups is 3. The summed E-state index contributed by atoms with van der Waals surface area (Å²) in [5.74, 6) is -0.233. The van der Waals surface area contributed by atoms with E-state index in [9.17, 15) is 14.4 Å². The van der Waals surface area contributed by atoms with E-state index in [0.717, 1.165) is 11.1 Å². The van der Waals surface area contributed by atoms with Crippen LogP contribution >= 0.6 is 0 Å². The van der Waals surface area contributed by atoms with Crippen molar-refractivity contribution in [2.24, 2.45) is 5.92 Å². The fraction of sp³-hybridized carbons (Fsp3) is 0.500. The number of fused-ring (bicyclic) bond motifs is 1. The highest BCUT2D eigenvalue weighted by molar-refractivity contribution is 6.01. The summed E-state index contributed by atoms with van der Waals surface area (Å²) in [5.41, 5.74) is 1.70. The monoisotopic (exact) mass is 330 g/mol. The molecule has 0 radical (unpaired) electrons. The van der Waals surface area contributed by atoms with E-state index >= 15 is 0 Å². The number of hydrogen-bond donors (Lipinski definition) is 0. The molecule has 0 bridgehead atoms. The maximum absolute atomic E-state index is 12.7. The van der Waals surface area contributed by atoms with Gasteiger partial charge in [0.2, 0.25) is 5.91 Å². The lowest BCUT2D eigenvalue weighted by Crippen LogP contribution is -2.52. The van der Waals surface area contributed by atoms with Gasteiger partial charge in [-0.15, -0.1) is 0 Å². The SMILES string of the molecule is CCOC(=O)N1CCN(C(=O)C2CC(=O)c3ccccc3C2)CC1. The van der Waals surface area contributed by atoms with Gasteiger partial charge in [0.05, 0.1) is 6.61 Å². The highest BCUT2D eigenvalue weighted by atomic mass is 16.6. The van der Waals surface area contributed by atoms with Crippen LogP contribution in [0.4, 0.5) is 4.79 Å². The van der Waals surface area contributed by atoms with E-state index in [1.165, 1.54) is 0 Å². The fourth-order valence-corrected chi connectivity index (χ4v) is 3.40. The van der Waals surface area contributed by atoms with Gasteiger partial charge >= 0.3 is 6.09 Å². The number of benzene rings is 1. The number of hydrogen-bond acceptors (Lipinski definition) is 4. The molecule has 3 rings (SSSR count). The smallest absolute Gasteiger partial charge is 0.409 e. The van der Waals surface area contributed by atoms with Crippen LogP contribution in [0.25, 0.3) is 0 Å². The third-order valence-electron chi connectivity index (χ3n) is 4.68. The zero-order chi connectivity index (χ0) is 17.1. The third kappa shape index (κ3) is 3.27. The molecule has 0 saturated carbocycles. The molecule has 2 aliphatic rings. The first kappa shape index (κ1) is 16.5. The molecule has 1 saturated heterocycles. The van der Waals surface area contributed by atoms with Gasteiger partial charge in [-0.3, -0.25) is 9.59 Å². The van der Waals surface area contributed by atoms with Gasteiger partial charge in [0.15, 0.2) is 5.78 Å². The van der Waals surface area contributed by atoms with Gasteiger partial charge in [0, 0.05) is 44.1 Å². The molecule has 1 atom stereocenters. The van der Waals surface area contributed by atoms with Crippen molar-refractivity contribution in [3.05, 3.63) is 35.4 Å². The first-order valence-corrected chi connectivity index (χ1v) is 8.41. The molecule has 0 N–H and O–H groups in total. The molecule has 1 aliphatic heterocycles. The van der Waals surface area contributed by atoms with Crippen LogP contribution in [0.3, 0.4) is 0 Å². The lowest BCUT2D eigenvalue weighted by molar-refractivity contribution is -0.137. The largest absolute Gasteiger partial charge is 0.450 e. The van der Waals surface area contributed by atoms with E-state index in [2.05, 4.69) is 0 Å². The molecular weight excluding hydrogens is 308 g/mol. The van der Waals surface area contributed by atoms with Crippen molar-refractivity contribution >= 4 is 17.8 Å². The van der Waals surface area contributed by atoms with Crippen molar-refractivity contribution in [2.75, 3.05) is 32.8 Å². The normalized spacial score (nSPS) is 20.5. The molecule has 0 spiro atoms. The van der Waals surface area contributed by atoms with Gasteiger partial charge in [0.1, 0.15) is 0 Å². The highest BCUT2D eigenvalue weighted by Crippen LogP contribution is 2.27. The quantitative estimate of drug-likeness (QED) is 0.828. The lowest BCUT2D eigenvalue weighted by atomic mass is 9.82. The van der Waals surface area contributed by atoms with Gasteiger partial charge in [-0.2, -0.15) is 0 Å². The van der Waals surface area contributed by atoms with Crippen LogP contribution in [-0.2, 0) is 16.0 Å². The highest BCUT2D eigenvalue weighted by Gasteiger charge is 2.34. The Morgan fingerprint density at radius 2 is 1.75 bits per heavy atom. The van der Waals surface area contributed by atoms with Gasteiger partial charge in [-0.25, -0.2) is 4.79 Å². The van der Waals surface area contributed by atoms with Crippen LogP contribution < -0.4 is 0 Å². The minimum absolute atomic E-state index is 0.0151. The molecular formula is C18H22N2O4. The summed E-state index contributed by atoms with van der Waals surface area (Å²) in [6.07, 6.45) is 0.554. The van der Waals surface area contributed by atoms with E-state index in [-0.39, 0.29) is 30.1 Å². The van der Waals surface area contributed by atoms with Gasteiger partial charge in [0.25, 0.3) is 0 Å². The van der Waals surface area contributed by atoms with Crippen LogP contribution in [0.15, 0.2) is 24.3 Å². The Morgan fingerprint density at radius 1 is 1.08 bits per heavy atom. The molecule has 1 unspecified atom stereocenters. The second-order valence-corrected chi connectivity index (χ2v) is 6.20. The number of ether oxygens (including phenoxy) is 1. The molecule has 0 aromatic heterocycles. The molecule has 2 amide bonds. The molecule has 128 valence electrons. The third-order valence-corrected chi connectivity index (χ3v) is 4.68. The Kier molecular flexibility index (Phi) is 4.83. The second-order valence-electron chi connectivity index (χ2n) is 6.20. The molecule has 6 heteroatoms. The molecule has 1 fully saturated rings. The standard InChI is InChI=1S/C18H22N2O4/c1-2-24-18(23)20-9-7-19(8-10-20)17(22)14-11-13-5-3-4-6-15(13)16(21)12-14/h3-6,14H,2,7-12H2,1H3. The predicted octanol–water partition coefficient (Wildman–Crippen LogP) is 1.73. The van der Waals surface area contributed by atoms with Crippen molar-refractivity contribution in [1.29, 1.82) is 0 Å². The zero-order valence-corrected chi connectivity index (χ0v) is 13.9. The maximum atomic E-state index is 12.7. The van der Waals surface area contributed by atoms with Crippen molar-refractivity contribution in [3.8, 4) is 0 Å². The summed E-state index contributed by atoms with van der Waals surface area (Å²) in [4.78, 5) is 40.1. The van der Waals surface area contributed by atoms with E-state index in [1.807, 2.05) is 24.3 Å². The molecule has 1 heterocycles. The fourth-order valence-electron chi connectivity index (χ4n) is 3.40. The van der Waals surface area contributed by atoms with Crippen LogP contribution in [0.5, 0.6) is 0 Å². The van der Waals surface area contributed by atoms with Crippen molar-refractivity contribution in [3.63, 3.8) is 0 Å². The molecule has 24 heavy (non-hydrogen) atoms. The minimum atomic E-state index is -0.327. The molecule has 1 aliphatic carbocycles.